The van der Waals surface area contributed by atoms with Crippen molar-refractivity contribution in [2.24, 2.45) is 0 Å². The summed E-state index contributed by atoms with van der Waals surface area (Å²) in [7, 11) is 1.29. The summed E-state index contributed by atoms with van der Waals surface area (Å²) >= 11 is 1.66. The molecule has 0 aliphatic carbocycles. The number of hydrogen-bond acceptors (Lipinski definition) is 6. The van der Waals surface area contributed by atoms with E-state index in [2.05, 4.69) is 10.5 Å². The van der Waals surface area contributed by atoms with Crippen LogP contribution in [0.3, 0.4) is 0 Å². The predicted octanol–water partition coefficient (Wildman–Crippen LogP) is 3.98. The van der Waals surface area contributed by atoms with E-state index in [1.165, 1.54) is 36.3 Å². The molecule has 0 spiro atoms. The van der Waals surface area contributed by atoms with Gasteiger partial charge in [0.2, 0.25) is 5.88 Å². The fourth-order valence-corrected chi connectivity index (χ4v) is 2.97. The lowest BCUT2D eigenvalue weighted by Gasteiger charge is -2.04. The molecule has 5 nitrogen and oxygen atoms in total. The highest BCUT2D eigenvalue weighted by atomic mass is 32.1. The number of ether oxygens (including phenoxy) is 1. The molecule has 0 bridgehead atoms. The van der Waals surface area contributed by atoms with E-state index in [0.717, 1.165) is 6.42 Å². The Hall–Kier alpha value is -2.67. The highest BCUT2D eigenvalue weighted by molar-refractivity contribution is 7.09. The molecule has 2 heterocycles. The Morgan fingerprint density at radius 3 is 2.79 bits per heavy atom. The molecule has 1 N–H and O–H groups in total. The van der Waals surface area contributed by atoms with Crippen LogP contribution >= 0.6 is 11.3 Å². The lowest BCUT2D eigenvalue weighted by molar-refractivity contribution is 0.0602. The highest BCUT2D eigenvalue weighted by Crippen LogP contribution is 2.29. The Morgan fingerprint density at radius 1 is 1.33 bits per heavy atom. The number of rotatable bonds is 6. The van der Waals surface area contributed by atoms with Crippen LogP contribution in [0.15, 0.2) is 46.3 Å². The molecule has 0 aliphatic heterocycles. The first-order chi connectivity index (χ1) is 11.7. The smallest absolute Gasteiger partial charge is 0.345 e. The number of benzene rings is 1. The molecule has 3 aromatic rings. The fourth-order valence-electron chi connectivity index (χ4n) is 2.26. The van der Waals surface area contributed by atoms with Crippen molar-refractivity contribution in [3.63, 3.8) is 0 Å². The van der Waals surface area contributed by atoms with Gasteiger partial charge in [0, 0.05) is 17.0 Å². The zero-order chi connectivity index (χ0) is 16.9. The molecule has 1 aromatic carbocycles. The van der Waals surface area contributed by atoms with Gasteiger partial charge < -0.3 is 14.6 Å². The molecule has 0 unspecified atom stereocenters. The minimum atomic E-state index is -0.561. The van der Waals surface area contributed by atoms with Crippen molar-refractivity contribution in [1.82, 2.24) is 5.16 Å². The van der Waals surface area contributed by atoms with E-state index in [-0.39, 0.29) is 17.3 Å². The first-order valence-electron chi connectivity index (χ1n) is 7.29. The second kappa shape index (κ2) is 7.27. The number of carbonyl (C=O) groups excluding carboxylic acids is 1. The fraction of sp³-hybridized carbons (Fsp3) is 0.176. The minimum absolute atomic E-state index is 0.204. The number of hydrogen-bond donors (Lipinski definition) is 1. The van der Waals surface area contributed by atoms with Crippen LogP contribution in [0, 0.1) is 5.82 Å². The normalized spacial score (nSPS) is 10.6. The van der Waals surface area contributed by atoms with Crippen molar-refractivity contribution in [3.8, 4) is 11.3 Å². The quantitative estimate of drug-likeness (QED) is 0.684. The lowest BCUT2D eigenvalue weighted by atomic mass is 10.1. The summed E-state index contributed by atoms with van der Waals surface area (Å²) < 4.78 is 23.2. The van der Waals surface area contributed by atoms with Crippen LogP contribution in [0.5, 0.6) is 0 Å². The van der Waals surface area contributed by atoms with Crippen LogP contribution in [0.2, 0.25) is 0 Å². The number of esters is 1. The number of methoxy groups -OCH3 is 1. The molecule has 0 atom stereocenters. The molecule has 0 fully saturated rings. The Bertz CT molecular complexity index is 813. The summed E-state index contributed by atoms with van der Waals surface area (Å²) in [5, 5.41) is 9.02. The molecule has 7 heteroatoms. The maximum Gasteiger partial charge on any atom is 0.345 e. The first kappa shape index (κ1) is 16.2. The van der Waals surface area contributed by atoms with Gasteiger partial charge in [-0.25, -0.2) is 9.18 Å². The summed E-state index contributed by atoms with van der Waals surface area (Å²) in [4.78, 5) is 13.3. The average Bonchev–Trinajstić information content (AvgIpc) is 3.25. The summed E-state index contributed by atoms with van der Waals surface area (Å²) in [6, 6.07) is 9.70. The van der Waals surface area contributed by atoms with Crippen molar-refractivity contribution < 1.29 is 18.4 Å². The molecular weight excluding hydrogens is 331 g/mol. The van der Waals surface area contributed by atoms with E-state index < -0.39 is 5.97 Å². The van der Waals surface area contributed by atoms with Crippen LogP contribution in [-0.2, 0) is 11.2 Å². The molecular formula is C17H15FN2O3S. The van der Waals surface area contributed by atoms with Gasteiger partial charge in [-0.2, -0.15) is 0 Å². The van der Waals surface area contributed by atoms with E-state index in [4.69, 9.17) is 9.26 Å². The largest absolute Gasteiger partial charge is 0.465 e. The third-order valence-corrected chi connectivity index (χ3v) is 4.37. The number of anilines is 1. The van der Waals surface area contributed by atoms with Gasteiger partial charge in [0.1, 0.15) is 11.5 Å². The third-order valence-electron chi connectivity index (χ3n) is 3.44. The van der Waals surface area contributed by atoms with Crippen LogP contribution in [-0.4, -0.2) is 24.8 Å². The van der Waals surface area contributed by atoms with E-state index >= 15 is 0 Å². The molecule has 124 valence electrons. The van der Waals surface area contributed by atoms with E-state index in [1.807, 2.05) is 17.5 Å². The van der Waals surface area contributed by atoms with Gasteiger partial charge in [0.15, 0.2) is 5.56 Å². The van der Waals surface area contributed by atoms with Gasteiger partial charge in [0.25, 0.3) is 0 Å². The van der Waals surface area contributed by atoms with Crippen molar-refractivity contribution in [1.29, 1.82) is 0 Å². The first-order valence-corrected chi connectivity index (χ1v) is 8.17. The predicted molar refractivity (Wildman–Crippen MR) is 89.7 cm³/mol. The molecule has 0 saturated heterocycles. The Labute approximate surface area is 142 Å². The second-order valence-electron chi connectivity index (χ2n) is 4.99. The van der Waals surface area contributed by atoms with Crippen molar-refractivity contribution in [3.05, 3.63) is 58.0 Å². The number of halogens is 1. The van der Waals surface area contributed by atoms with Crippen molar-refractivity contribution in [2.45, 2.75) is 6.42 Å². The second-order valence-corrected chi connectivity index (χ2v) is 6.02. The molecule has 24 heavy (non-hydrogen) atoms. The topological polar surface area (TPSA) is 64.4 Å². The molecule has 0 aliphatic rings. The number of thiophene rings is 1. The van der Waals surface area contributed by atoms with Gasteiger partial charge >= 0.3 is 5.97 Å². The van der Waals surface area contributed by atoms with Crippen LogP contribution < -0.4 is 5.32 Å². The number of nitrogens with one attached hydrogen (secondary N) is 1. The Kier molecular flexibility index (Phi) is 4.90. The summed E-state index contributed by atoms with van der Waals surface area (Å²) in [5.41, 5.74) is 1.10. The Morgan fingerprint density at radius 2 is 2.12 bits per heavy atom. The van der Waals surface area contributed by atoms with Crippen LogP contribution in [0.4, 0.5) is 10.3 Å². The van der Waals surface area contributed by atoms with Gasteiger partial charge in [-0.3, -0.25) is 0 Å². The SMILES string of the molecule is COC(=O)c1c(-c2ccc(F)cc2)noc1NCCc1cccs1. The molecule has 0 radical (unpaired) electrons. The van der Waals surface area contributed by atoms with Crippen LogP contribution in [0.25, 0.3) is 11.3 Å². The van der Waals surface area contributed by atoms with Crippen LogP contribution in [0.1, 0.15) is 15.2 Å². The summed E-state index contributed by atoms with van der Waals surface area (Å²) in [5.74, 6) is -0.678. The maximum absolute atomic E-state index is 13.1. The Balaban J connectivity index is 1.83. The number of aromatic nitrogens is 1. The maximum atomic E-state index is 13.1. The molecule has 2 aromatic heterocycles. The van der Waals surface area contributed by atoms with Gasteiger partial charge in [-0.05, 0) is 42.1 Å². The monoisotopic (exact) mass is 346 g/mol. The van der Waals surface area contributed by atoms with Gasteiger partial charge in [-0.15, -0.1) is 11.3 Å². The zero-order valence-corrected chi connectivity index (χ0v) is 13.7. The molecule has 0 saturated carbocycles. The third kappa shape index (κ3) is 3.46. The average molecular weight is 346 g/mol. The van der Waals surface area contributed by atoms with Crippen molar-refractivity contribution >= 4 is 23.2 Å². The van der Waals surface area contributed by atoms with E-state index in [9.17, 15) is 9.18 Å². The summed E-state index contributed by atoms with van der Waals surface area (Å²) in [6.45, 7) is 0.586. The number of nitrogens with zero attached hydrogens (tertiary/aromatic N) is 1. The minimum Gasteiger partial charge on any atom is -0.465 e. The zero-order valence-electron chi connectivity index (χ0n) is 12.9. The highest BCUT2D eigenvalue weighted by Gasteiger charge is 2.24. The number of carbonyl (C=O) groups is 1. The van der Waals surface area contributed by atoms with E-state index in [1.54, 1.807) is 11.3 Å². The van der Waals surface area contributed by atoms with Gasteiger partial charge in [0.05, 0.1) is 7.11 Å². The van der Waals surface area contributed by atoms with Gasteiger partial charge in [-0.1, -0.05) is 11.2 Å². The van der Waals surface area contributed by atoms with Crippen molar-refractivity contribution in [2.75, 3.05) is 19.0 Å². The standard InChI is InChI=1S/C17H15FN2O3S/c1-22-17(21)14-15(11-4-6-12(18)7-5-11)20-23-16(14)19-9-8-13-3-2-10-24-13/h2-7,10,19H,8-9H2,1H3. The molecule has 3 rings (SSSR count). The summed E-state index contributed by atoms with van der Waals surface area (Å²) in [6.07, 6.45) is 0.796. The molecule has 0 amide bonds. The lowest BCUT2D eigenvalue weighted by Crippen LogP contribution is -2.09. The van der Waals surface area contributed by atoms with E-state index in [0.29, 0.717) is 17.8 Å².